The molecule has 0 bridgehead atoms. The van der Waals surface area contributed by atoms with Crippen LogP contribution >= 0.6 is 0 Å². The van der Waals surface area contributed by atoms with Gasteiger partial charge in [-0.05, 0) is 12.1 Å². The van der Waals surface area contributed by atoms with Crippen molar-refractivity contribution in [2.24, 2.45) is 0 Å². The maximum atomic E-state index is 14.5. The molecule has 0 heterocycles. The Morgan fingerprint density at radius 3 is 2.26 bits per heavy atom. The van der Waals surface area contributed by atoms with Crippen molar-refractivity contribution in [1.82, 2.24) is 0 Å². The standard InChI is InChI=1S/C14H12F3N3O3/c1-19(2)12-11(17)14(10(16)9(15)13(12)20(21)22)23-8-6-4-3-5-7(8)18/h3-6H,18H2,1-2H3. The molecule has 0 aromatic heterocycles. The van der Waals surface area contributed by atoms with Crippen LogP contribution in [0.1, 0.15) is 0 Å². The zero-order chi connectivity index (χ0) is 17.3. The molecule has 0 radical (unpaired) electrons. The maximum absolute atomic E-state index is 14.5. The van der Waals surface area contributed by atoms with Gasteiger partial charge in [0, 0.05) is 14.1 Å². The molecule has 2 rings (SSSR count). The molecule has 0 unspecified atom stereocenters. The van der Waals surface area contributed by atoms with E-state index in [1.807, 2.05) is 0 Å². The number of nitrogens with zero attached hydrogens (tertiary/aromatic N) is 2. The zero-order valence-electron chi connectivity index (χ0n) is 12.1. The van der Waals surface area contributed by atoms with E-state index in [9.17, 15) is 23.3 Å². The number of ether oxygens (including phenoxy) is 1. The average Bonchev–Trinajstić information content (AvgIpc) is 2.48. The normalized spacial score (nSPS) is 10.5. The second-order valence-corrected chi connectivity index (χ2v) is 4.76. The lowest BCUT2D eigenvalue weighted by Gasteiger charge is -2.17. The molecule has 122 valence electrons. The lowest BCUT2D eigenvalue weighted by Crippen LogP contribution is -2.16. The third kappa shape index (κ3) is 2.85. The Balaban J connectivity index is 2.70. The number of nitro benzene ring substituents is 1. The fraction of sp³-hybridized carbons (Fsp3) is 0.143. The maximum Gasteiger partial charge on any atom is 0.334 e. The Bertz CT molecular complexity index is 782. The third-order valence-corrected chi connectivity index (χ3v) is 2.99. The number of nitrogens with two attached hydrogens (primary N) is 1. The highest BCUT2D eigenvalue weighted by atomic mass is 19.2. The Morgan fingerprint density at radius 2 is 1.74 bits per heavy atom. The van der Waals surface area contributed by atoms with Gasteiger partial charge < -0.3 is 15.4 Å². The van der Waals surface area contributed by atoms with Crippen molar-refractivity contribution in [1.29, 1.82) is 0 Å². The van der Waals surface area contributed by atoms with Gasteiger partial charge in [0.2, 0.25) is 17.4 Å². The molecule has 6 nitrogen and oxygen atoms in total. The van der Waals surface area contributed by atoms with Crippen LogP contribution in [0.4, 0.5) is 30.2 Å². The summed E-state index contributed by atoms with van der Waals surface area (Å²) in [4.78, 5) is 10.7. The molecular formula is C14H12F3N3O3. The van der Waals surface area contributed by atoms with Crippen LogP contribution in [0.5, 0.6) is 11.5 Å². The SMILES string of the molecule is CN(C)c1c(F)c(Oc2ccccc2N)c(F)c(F)c1[N+](=O)[O-]. The van der Waals surface area contributed by atoms with Gasteiger partial charge in [-0.15, -0.1) is 0 Å². The van der Waals surface area contributed by atoms with E-state index < -0.39 is 39.5 Å². The van der Waals surface area contributed by atoms with Gasteiger partial charge in [0.05, 0.1) is 10.6 Å². The van der Waals surface area contributed by atoms with Gasteiger partial charge in [-0.3, -0.25) is 10.1 Å². The number of nitro groups is 1. The minimum absolute atomic E-state index is 0.0662. The average molecular weight is 327 g/mol. The van der Waals surface area contributed by atoms with E-state index >= 15 is 0 Å². The minimum atomic E-state index is -1.82. The summed E-state index contributed by atoms with van der Waals surface area (Å²) in [6.45, 7) is 0. The van der Waals surface area contributed by atoms with Gasteiger partial charge >= 0.3 is 5.69 Å². The van der Waals surface area contributed by atoms with Crippen LogP contribution < -0.4 is 15.4 Å². The van der Waals surface area contributed by atoms with Gasteiger partial charge in [0.1, 0.15) is 0 Å². The van der Waals surface area contributed by atoms with Crippen molar-refractivity contribution in [3.8, 4) is 11.5 Å². The number of benzene rings is 2. The van der Waals surface area contributed by atoms with Crippen LogP contribution in [-0.2, 0) is 0 Å². The highest BCUT2D eigenvalue weighted by Crippen LogP contribution is 2.42. The molecule has 2 aromatic rings. The van der Waals surface area contributed by atoms with Crippen LogP contribution in [0.15, 0.2) is 24.3 Å². The molecule has 0 atom stereocenters. The van der Waals surface area contributed by atoms with Crippen LogP contribution in [0.2, 0.25) is 0 Å². The van der Waals surface area contributed by atoms with Crippen molar-refractivity contribution in [3.05, 3.63) is 51.8 Å². The van der Waals surface area contributed by atoms with E-state index in [2.05, 4.69) is 0 Å². The summed E-state index contributed by atoms with van der Waals surface area (Å²) in [5, 5.41) is 10.9. The Morgan fingerprint density at radius 1 is 1.13 bits per heavy atom. The molecule has 0 aliphatic carbocycles. The molecule has 0 spiro atoms. The molecule has 0 fully saturated rings. The third-order valence-electron chi connectivity index (χ3n) is 2.99. The molecule has 0 aliphatic heterocycles. The topological polar surface area (TPSA) is 81.6 Å². The summed E-state index contributed by atoms with van der Waals surface area (Å²) in [6, 6.07) is 5.80. The van der Waals surface area contributed by atoms with Crippen LogP contribution in [-0.4, -0.2) is 19.0 Å². The first-order valence-electron chi connectivity index (χ1n) is 6.30. The van der Waals surface area contributed by atoms with Crippen molar-refractivity contribution in [2.45, 2.75) is 0 Å². The molecule has 2 N–H and O–H groups in total. The Kier molecular flexibility index (Phi) is 4.30. The molecule has 0 amide bonds. The number of rotatable bonds is 4. The first-order valence-corrected chi connectivity index (χ1v) is 6.30. The first-order chi connectivity index (χ1) is 10.8. The largest absolute Gasteiger partial charge is 0.449 e. The van der Waals surface area contributed by atoms with Gasteiger partial charge in [-0.2, -0.15) is 8.78 Å². The number of nitrogen functional groups attached to an aromatic ring is 1. The van der Waals surface area contributed by atoms with Gasteiger partial charge in [-0.25, -0.2) is 4.39 Å². The quantitative estimate of drug-likeness (QED) is 0.402. The smallest absolute Gasteiger partial charge is 0.334 e. The summed E-state index contributed by atoms with van der Waals surface area (Å²) in [5.74, 6) is -6.23. The fourth-order valence-electron chi connectivity index (χ4n) is 1.96. The van der Waals surface area contributed by atoms with Crippen molar-refractivity contribution in [3.63, 3.8) is 0 Å². The Labute approximate surface area is 129 Å². The van der Waals surface area contributed by atoms with E-state index in [1.165, 1.54) is 32.3 Å². The predicted octanol–water partition coefficient (Wildman–Crippen LogP) is 3.45. The van der Waals surface area contributed by atoms with Gasteiger partial charge in [-0.1, -0.05) is 12.1 Å². The highest BCUT2D eigenvalue weighted by molar-refractivity contribution is 5.68. The van der Waals surface area contributed by atoms with E-state index in [1.54, 1.807) is 6.07 Å². The lowest BCUT2D eigenvalue weighted by molar-refractivity contribution is -0.387. The van der Waals surface area contributed by atoms with E-state index in [4.69, 9.17) is 10.5 Å². The summed E-state index contributed by atoms with van der Waals surface area (Å²) in [6.07, 6.45) is 0. The van der Waals surface area contributed by atoms with Crippen LogP contribution in [0, 0.1) is 27.6 Å². The molecule has 23 heavy (non-hydrogen) atoms. The van der Waals surface area contributed by atoms with Gasteiger partial charge in [0.25, 0.3) is 0 Å². The number of halogens is 3. The molecule has 0 saturated heterocycles. The summed E-state index contributed by atoms with van der Waals surface area (Å²) < 4.78 is 47.5. The number of anilines is 2. The molecular weight excluding hydrogens is 315 g/mol. The summed E-state index contributed by atoms with van der Waals surface area (Å²) >= 11 is 0. The number of hydrogen-bond donors (Lipinski definition) is 1. The highest BCUT2D eigenvalue weighted by Gasteiger charge is 2.35. The first kappa shape index (κ1) is 16.4. The zero-order valence-corrected chi connectivity index (χ0v) is 12.1. The van der Waals surface area contributed by atoms with Crippen molar-refractivity contribution in [2.75, 3.05) is 24.7 Å². The monoisotopic (exact) mass is 327 g/mol. The van der Waals surface area contributed by atoms with Crippen molar-refractivity contribution < 1.29 is 22.8 Å². The van der Waals surface area contributed by atoms with E-state index in [0.717, 1.165) is 4.90 Å². The lowest BCUT2D eigenvalue weighted by atomic mass is 10.2. The van der Waals surface area contributed by atoms with E-state index in [0.29, 0.717) is 0 Å². The second-order valence-electron chi connectivity index (χ2n) is 4.76. The number of hydrogen-bond acceptors (Lipinski definition) is 5. The molecule has 2 aromatic carbocycles. The molecule has 9 heteroatoms. The minimum Gasteiger partial charge on any atom is -0.449 e. The molecule has 0 aliphatic rings. The fourth-order valence-corrected chi connectivity index (χ4v) is 1.96. The van der Waals surface area contributed by atoms with Crippen molar-refractivity contribution >= 4 is 17.1 Å². The summed E-state index contributed by atoms with van der Waals surface area (Å²) in [5.41, 5.74) is 3.62. The summed E-state index contributed by atoms with van der Waals surface area (Å²) in [7, 11) is 2.51. The van der Waals surface area contributed by atoms with E-state index in [-0.39, 0.29) is 11.4 Å². The van der Waals surface area contributed by atoms with Crippen LogP contribution in [0.3, 0.4) is 0 Å². The van der Waals surface area contributed by atoms with Crippen LogP contribution in [0.25, 0.3) is 0 Å². The predicted molar refractivity (Wildman–Crippen MR) is 78.2 cm³/mol. The van der Waals surface area contributed by atoms with Gasteiger partial charge in [0.15, 0.2) is 17.3 Å². The second kappa shape index (κ2) is 6.03. The number of para-hydroxylation sites is 2. The Hall–Kier alpha value is -2.97. The molecule has 0 saturated carbocycles.